The van der Waals surface area contributed by atoms with Crippen molar-refractivity contribution in [3.63, 3.8) is 0 Å². The molecule has 0 bridgehead atoms. The highest BCUT2D eigenvalue weighted by atomic mass is 19.1. The second-order valence-corrected chi connectivity index (χ2v) is 3.76. The van der Waals surface area contributed by atoms with Crippen LogP contribution in [0.4, 0.5) is 10.1 Å². The van der Waals surface area contributed by atoms with Crippen LogP contribution < -0.4 is 0 Å². The first-order valence-electron chi connectivity index (χ1n) is 5.67. The highest BCUT2D eigenvalue weighted by Gasteiger charge is 2.21. The number of esters is 1. The van der Waals surface area contributed by atoms with Crippen LogP contribution in [0.25, 0.3) is 0 Å². The third-order valence-corrected chi connectivity index (χ3v) is 2.36. The molecule has 0 amide bonds. The molecule has 0 atom stereocenters. The molecule has 5 nitrogen and oxygen atoms in total. The van der Waals surface area contributed by atoms with Crippen molar-refractivity contribution in [1.82, 2.24) is 0 Å². The van der Waals surface area contributed by atoms with Gasteiger partial charge in [0, 0.05) is 6.07 Å². The molecule has 0 aromatic heterocycles. The van der Waals surface area contributed by atoms with Crippen molar-refractivity contribution in [1.29, 1.82) is 0 Å². The van der Waals surface area contributed by atoms with Gasteiger partial charge in [-0.3, -0.25) is 10.1 Å². The van der Waals surface area contributed by atoms with Crippen molar-refractivity contribution in [2.24, 2.45) is 0 Å². The minimum atomic E-state index is -0.864. The van der Waals surface area contributed by atoms with Crippen LogP contribution in [-0.4, -0.2) is 17.5 Å². The summed E-state index contributed by atoms with van der Waals surface area (Å²) >= 11 is 0. The summed E-state index contributed by atoms with van der Waals surface area (Å²) in [5.41, 5.74) is -0.798. The van der Waals surface area contributed by atoms with E-state index >= 15 is 0 Å². The maximum atomic E-state index is 13.0. The number of unbranched alkanes of at least 4 members (excludes halogenated alkanes) is 2. The standard InChI is InChI=1S/C12H14FNO4/c1-2-3-4-7-18-12(15)10-8-9(13)5-6-11(10)14(16)17/h5-6,8H,2-4,7H2,1H3. The monoisotopic (exact) mass is 255 g/mol. The number of nitro benzene ring substituents is 1. The third-order valence-electron chi connectivity index (χ3n) is 2.36. The highest BCUT2D eigenvalue weighted by Crippen LogP contribution is 2.20. The van der Waals surface area contributed by atoms with Crippen molar-refractivity contribution in [3.8, 4) is 0 Å². The lowest BCUT2D eigenvalue weighted by molar-refractivity contribution is -0.385. The number of carbonyl (C=O) groups excluding carboxylic acids is 1. The van der Waals surface area contributed by atoms with Crippen LogP contribution in [0.5, 0.6) is 0 Å². The molecule has 1 aromatic carbocycles. The van der Waals surface area contributed by atoms with Crippen molar-refractivity contribution in [3.05, 3.63) is 39.7 Å². The Labute approximate surface area is 104 Å². The Hall–Kier alpha value is -1.98. The van der Waals surface area contributed by atoms with Gasteiger partial charge in [0.2, 0.25) is 0 Å². The van der Waals surface area contributed by atoms with E-state index in [2.05, 4.69) is 0 Å². The number of hydrogen-bond acceptors (Lipinski definition) is 4. The van der Waals surface area contributed by atoms with Gasteiger partial charge in [0.1, 0.15) is 11.4 Å². The molecule has 18 heavy (non-hydrogen) atoms. The summed E-state index contributed by atoms with van der Waals surface area (Å²) in [5, 5.41) is 10.7. The average molecular weight is 255 g/mol. The number of nitrogens with zero attached hydrogens (tertiary/aromatic N) is 1. The molecule has 0 unspecified atom stereocenters. The summed E-state index contributed by atoms with van der Waals surface area (Å²) in [4.78, 5) is 21.5. The quantitative estimate of drug-likeness (QED) is 0.339. The van der Waals surface area contributed by atoms with Crippen LogP contribution in [0.15, 0.2) is 18.2 Å². The van der Waals surface area contributed by atoms with Gasteiger partial charge in [-0.25, -0.2) is 9.18 Å². The van der Waals surface area contributed by atoms with Crippen LogP contribution in [0.1, 0.15) is 36.5 Å². The van der Waals surface area contributed by atoms with Crippen LogP contribution in [0.3, 0.4) is 0 Å². The number of carbonyl (C=O) groups is 1. The van der Waals surface area contributed by atoms with Gasteiger partial charge in [0.25, 0.3) is 5.69 Å². The zero-order chi connectivity index (χ0) is 13.5. The first kappa shape index (κ1) is 14.1. The van der Waals surface area contributed by atoms with Gasteiger partial charge in [0.05, 0.1) is 11.5 Å². The Bertz CT molecular complexity index is 448. The summed E-state index contributed by atoms with van der Waals surface area (Å²) in [7, 11) is 0. The smallest absolute Gasteiger partial charge is 0.345 e. The lowest BCUT2D eigenvalue weighted by Gasteiger charge is -2.05. The fraction of sp³-hybridized carbons (Fsp3) is 0.417. The SMILES string of the molecule is CCCCCOC(=O)c1cc(F)ccc1[N+](=O)[O-]. The van der Waals surface area contributed by atoms with Crippen LogP contribution in [0.2, 0.25) is 0 Å². The molecule has 6 heteroatoms. The maximum absolute atomic E-state index is 13.0. The van der Waals surface area contributed by atoms with Crippen LogP contribution >= 0.6 is 0 Å². The normalized spacial score (nSPS) is 10.1. The molecular formula is C12H14FNO4. The molecule has 0 saturated carbocycles. The van der Waals surface area contributed by atoms with Gasteiger partial charge in [0.15, 0.2) is 0 Å². The Kier molecular flexibility index (Phi) is 5.23. The zero-order valence-electron chi connectivity index (χ0n) is 10.0. The zero-order valence-corrected chi connectivity index (χ0v) is 10.0. The van der Waals surface area contributed by atoms with E-state index < -0.39 is 22.4 Å². The van der Waals surface area contributed by atoms with Gasteiger partial charge in [-0.1, -0.05) is 19.8 Å². The van der Waals surface area contributed by atoms with Gasteiger partial charge >= 0.3 is 5.97 Å². The molecular weight excluding hydrogens is 241 g/mol. The number of halogens is 1. The molecule has 0 aliphatic rings. The molecule has 1 rings (SSSR count). The fourth-order valence-corrected chi connectivity index (χ4v) is 1.43. The molecule has 0 aliphatic heterocycles. The van der Waals surface area contributed by atoms with E-state index in [1.165, 1.54) is 0 Å². The number of hydrogen-bond donors (Lipinski definition) is 0. The number of benzene rings is 1. The van der Waals surface area contributed by atoms with E-state index in [0.717, 1.165) is 31.0 Å². The molecule has 0 spiro atoms. The Morgan fingerprint density at radius 1 is 1.44 bits per heavy atom. The molecule has 0 radical (unpaired) electrons. The highest BCUT2D eigenvalue weighted by molar-refractivity contribution is 5.93. The van der Waals surface area contributed by atoms with E-state index in [4.69, 9.17) is 4.74 Å². The van der Waals surface area contributed by atoms with Gasteiger partial charge in [-0.2, -0.15) is 0 Å². The second kappa shape index (κ2) is 6.68. The second-order valence-electron chi connectivity index (χ2n) is 3.76. The Morgan fingerprint density at radius 3 is 2.78 bits per heavy atom. The topological polar surface area (TPSA) is 69.4 Å². The largest absolute Gasteiger partial charge is 0.462 e. The molecule has 0 N–H and O–H groups in total. The van der Waals surface area contributed by atoms with Crippen LogP contribution in [-0.2, 0) is 4.74 Å². The molecule has 0 fully saturated rings. The van der Waals surface area contributed by atoms with Crippen molar-refractivity contribution < 1.29 is 18.8 Å². The van der Waals surface area contributed by atoms with Gasteiger partial charge in [-0.05, 0) is 18.6 Å². The first-order valence-corrected chi connectivity index (χ1v) is 5.67. The average Bonchev–Trinajstić information content (AvgIpc) is 2.34. The number of ether oxygens (including phenoxy) is 1. The Balaban J connectivity index is 2.77. The van der Waals surface area contributed by atoms with E-state index in [0.29, 0.717) is 6.42 Å². The third kappa shape index (κ3) is 3.80. The summed E-state index contributed by atoms with van der Waals surface area (Å²) in [6, 6.07) is 2.71. The van der Waals surface area contributed by atoms with Crippen molar-refractivity contribution >= 4 is 11.7 Å². The molecule has 1 aromatic rings. The van der Waals surface area contributed by atoms with E-state index in [9.17, 15) is 19.3 Å². The lowest BCUT2D eigenvalue weighted by atomic mass is 10.2. The van der Waals surface area contributed by atoms with Gasteiger partial charge < -0.3 is 4.74 Å². The summed E-state index contributed by atoms with van der Waals surface area (Å²) < 4.78 is 17.8. The predicted molar refractivity (Wildman–Crippen MR) is 62.9 cm³/mol. The first-order chi connectivity index (χ1) is 8.56. The molecule has 98 valence electrons. The fourth-order valence-electron chi connectivity index (χ4n) is 1.43. The van der Waals surface area contributed by atoms with E-state index in [1.54, 1.807) is 0 Å². The maximum Gasteiger partial charge on any atom is 0.345 e. The molecule has 0 aliphatic carbocycles. The predicted octanol–water partition coefficient (Wildman–Crippen LogP) is 3.08. The molecule has 0 heterocycles. The summed E-state index contributed by atoms with van der Waals surface area (Å²) in [6.07, 6.45) is 2.56. The van der Waals surface area contributed by atoms with Crippen molar-refractivity contribution in [2.45, 2.75) is 26.2 Å². The number of nitro groups is 1. The Morgan fingerprint density at radius 2 is 2.17 bits per heavy atom. The summed E-state index contributed by atoms with van der Waals surface area (Å²) in [5.74, 6) is -1.57. The van der Waals surface area contributed by atoms with E-state index in [1.807, 2.05) is 6.92 Å². The molecule has 0 saturated heterocycles. The van der Waals surface area contributed by atoms with E-state index in [-0.39, 0.29) is 12.2 Å². The van der Waals surface area contributed by atoms with Gasteiger partial charge in [-0.15, -0.1) is 0 Å². The number of rotatable bonds is 6. The lowest BCUT2D eigenvalue weighted by Crippen LogP contribution is -2.09. The minimum absolute atomic E-state index is 0.181. The summed E-state index contributed by atoms with van der Waals surface area (Å²) in [6.45, 7) is 2.18. The van der Waals surface area contributed by atoms with Crippen molar-refractivity contribution in [2.75, 3.05) is 6.61 Å². The van der Waals surface area contributed by atoms with Crippen LogP contribution in [0, 0.1) is 15.9 Å². The minimum Gasteiger partial charge on any atom is -0.462 e.